The molecule has 6 aromatic carbocycles. The summed E-state index contributed by atoms with van der Waals surface area (Å²) in [4.78, 5) is 0. The maximum absolute atomic E-state index is 11.9. The van der Waals surface area contributed by atoms with E-state index < -0.39 is 95.2 Å². The first kappa shape index (κ1) is 82.9. The zero-order chi connectivity index (χ0) is 74.8. The number of unbranched alkanes of at least 4 members (excludes halogenated alkanes) is 6. The molecule has 0 fully saturated rings. The van der Waals surface area contributed by atoms with Gasteiger partial charge in [0, 0.05) is 38.5 Å². The van der Waals surface area contributed by atoms with Crippen LogP contribution in [-0.2, 0) is 99.2 Å². The van der Waals surface area contributed by atoms with Gasteiger partial charge in [0.1, 0.15) is 34.5 Å². The lowest BCUT2D eigenvalue weighted by Gasteiger charge is -2.24. The Hall–Kier alpha value is -6.42. The first-order valence-electron chi connectivity index (χ1n) is 34.0. The van der Waals surface area contributed by atoms with Crippen molar-refractivity contribution in [2.24, 2.45) is 0 Å². The normalized spacial score (nSPS) is 13.3. The van der Waals surface area contributed by atoms with Crippen LogP contribution in [0.1, 0.15) is 177 Å². The zero-order valence-corrected chi connectivity index (χ0v) is 63.5. The summed E-state index contributed by atoms with van der Waals surface area (Å²) in [6.45, 7) is 11.7. The molecule has 564 valence electrons. The average Bonchev–Trinajstić information content (AvgIpc) is 0.787. The van der Waals surface area contributed by atoms with E-state index >= 15 is 0 Å². The van der Waals surface area contributed by atoms with E-state index in [2.05, 4.69) is 0 Å². The van der Waals surface area contributed by atoms with Crippen LogP contribution in [0.2, 0.25) is 0 Å². The number of hydrogen-bond donors (Lipinski definition) is 6. The van der Waals surface area contributed by atoms with Gasteiger partial charge in [-0.3, -0.25) is 27.3 Å². The van der Waals surface area contributed by atoms with Crippen LogP contribution >= 0.6 is 0 Å². The molecule has 0 atom stereocenters. The number of fused-ring (bicyclic) bond motifs is 12. The summed E-state index contributed by atoms with van der Waals surface area (Å²) >= 11 is 0. The molecule has 0 aromatic heterocycles. The summed E-state index contributed by atoms with van der Waals surface area (Å²) in [5.74, 6) is -0.315. The van der Waals surface area contributed by atoms with Crippen molar-refractivity contribution in [3.05, 3.63) is 173 Å². The highest BCUT2D eigenvalue weighted by molar-refractivity contribution is 7.86. The van der Waals surface area contributed by atoms with Gasteiger partial charge in [0.25, 0.3) is 60.7 Å². The number of benzene rings is 6. The molecule has 1 aliphatic carbocycles. The minimum atomic E-state index is -4.31. The third-order valence-electron chi connectivity index (χ3n) is 16.9. The standard InChI is InChI=1S/C72H96O24S6/c1-49-31-55-43-57-33-50(2)35-59(68(57)92-20-8-14-26-98(76,77)78)45-61-37-52(4)39-63(70(61)94-22-10-16-28-100(82,83)84)47-65-41-54(6)42-66(72(65)96-24-12-18-30-102(88,89)90)48-64-40-53(5)38-62(71(64)95-23-11-17-29-101(85,86)87)46-60-36-51(3)34-58(69(60)93-21-9-15-27-99(79,80)81)44-56(32-49)67(55)91-19-7-13-25-97(73,74)75/h31-42H,7-30,43-48H2,1-6H3,(H,73,74,75)(H,76,77,78)(H,79,80,81)(H,82,83,84)(H,85,86,87)(H,88,89,90). The van der Waals surface area contributed by atoms with Crippen molar-refractivity contribution in [3.8, 4) is 34.5 Å². The number of rotatable bonds is 36. The van der Waals surface area contributed by atoms with E-state index in [4.69, 9.17) is 28.4 Å². The highest BCUT2D eigenvalue weighted by Gasteiger charge is 2.27. The molecule has 6 aromatic rings. The molecule has 0 spiro atoms. The van der Waals surface area contributed by atoms with Gasteiger partial charge < -0.3 is 28.4 Å². The quantitative estimate of drug-likeness (QED) is 0.0157. The first-order valence-corrected chi connectivity index (χ1v) is 43.6. The van der Waals surface area contributed by atoms with E-state index in [0.717, 1.165) is 33.4 Å². The van der Waals surface area contributed by atoms with Gasteiger partial charge >= 0.3 is 0 Å². The Labute approximate surface area is 601 Å². The van der Waals surface area contributed by atoms with E-state index in [9.17, 15) is 77.8 Å². The van der Waals surface area contributed by atoms with Crippen LogP contribution in [-0.4, -0.2) is 152 Å². The Morgan fingerprint density at radius 1 is 0.216 bits per heavy atom. The van der Waals surface area contributed by atoms with Gasteiger partial charge in [0.2, 0.25) is 0 Å². The predicted octanol–water partition coefficient (Wildman–Crippen LogP) is 11.7. The van der Waals surface area contributed by atoms with Gasteiger partial charge in [-0.05, 0) is 185 Å². The summed E-state index contributed by atoms with van der Waals surface area (Å²) < 4.78 is 242. The third kappa shape index (κ3) is 28.6. The van der Waals surface area contributed by atoms with Gasteiger partial charge in [-0.1, -0.05) is 106 Å². The lowest BCUT2D eigenvalue weighted by Crippen LogP contribution is -2.12. The average molecular weight is 1540 g/mol. The summed E-state index contributed by atoms with van der Waals surface area (Å²) in [5.41, 5.74) is 13.2. The second-order valence-electron chi connectivity index (χ2n) is 26.6. The predicted molar refractivity (Wildman–Crippen MR) is 391 cm³/mol. The second kappa shape index (κ2) is 37.0. The largest absolute Gasteiger partial charge is 0.493 e. The molecule has 24 nitrogen and oxygen atoms in total. The molecular formula is C72H96O24S6. The van der Waals surface area contributed by atoms with E-state index in [1.54, 1.807) is 0 Å². The highest BCUT2D eigenvalue weighted by Crippen LogP contribution is 2.43. The Morgan fingerprint density at radius 3 is 0.422 bits per heavy atom. The van der Waals surface area contributed by atoms with E-state index in [1.807, 2.05) is 114 Å². The molecule has 0 aliphatic heterocycles. The minimum absolute atomic E-state index is 0.0152. The monoisotopic (exact) mass is 1540 g/mol. The van der Waals surface area contributed by atoms with Crippen molar-refractivity contribution >= 4 is 60.7 Å². The van der Waals surface area contributed by atoms with Gasteiger partial charge in [0.05, 0.1) is 74.2 Å². The van der Waals surface area contributed by atoms with Crippen molar-refractivity contribution in [1.82, 2.24) is 0 Å². The van der Waals surface area contributed by atoms with Crippen molar-refractivity contribution in [3.63, 3.8) is 0 Å². The fourth-order valence-electron chi connectivity index (χ4n) is 12.9. The molecule has 0 saturated carbocycles. The van der Waals surface area contributed by atoms with Gasteiger partial charge in [-0.15, -0.1) is 0 Å². The molecule has 0 amide bonds. The first-order chi connectivity index (χ1) is 47.7. The summed E-state index contributed by atoms with van der Waals surface area (Å²) in [5, 5.41) is 0. The van der Waals surface area contributed by atoms with Crippen molar-refractivity contribution in [2.45, 2.75) is 157 Å². The third-order valence-corrected chi connectivity index (χ3v) is 21.7. The SMILES string of the molecule is Cc1cc2c(OCCCCS(=O)(=O)O)c(c1)Cc1cc(C)cc(c1OCCCCS(=O)(=O)O)Cc1cc(C)cc(c1OCCCCS(=O)(=O)O)Cc1cc(C)cc(c1OCCCCS(=O)(=O)O)Cc1cc(C)cc(c1OCCCCS(=O)(=O)O)Cc1cc(C)cc(c1OCCCCS(=O)(=O)O)C2. The molecule has 0 radical (unpaired) electrons. The van der Waals surface area contributed by atoms with Gasteiger partial charge in [-0.2, -0.15) is 50.5 Å². The van der Waals surface area contributed by atoms with Crippen LogP contribution < -0.4 is 28.4 Å². The van der Waals surface area contributed by atoms with Crippen LogP contribution in [0.5, 0.6) is 34.5 Å². The molecule has 12 bridgehead atoms. The van der Waals surface area contributed by atoms with E-state index in [-0.39, 0.29) is 155 Å². The van der Waals surface area contributed by atoms with Crippen LogP contribution in [0, 0.1) is 41.5 Å². The Bertz CT molecular complexity index is 3730. The molecule has 7 rings (SSSR count). The maximum Gasteiger partial charge on any atom is 0.264 e. The summed E-state index contributed by atoms with van der Waals surface area (Å²) in [6, 6.07) is 23.7. The fraction of sp³-hybridized carbons (Fsp3) is 0.500. The molecule has 30 heteroatoms. The van der Waals surface area contributed by atoms with Gasteiger partial charge in [0.15, 0.2) is 0 Å². The van der Waals surface area contributed by atoms with Crippen LogP contribution in [0.15, 0.2) is 72.8 Å². The smallest absolute Gasteiger partial charge is 0.264 e. The molecule has 1 aliphatic rings. The molecule has 0 saturated heterocycles. The molecule has 0 unspecified atom stereocenters. The molecule has 102 heavy (non-hydrogen) atoms. The number of hydrogen-bond acceptors (Lipinski definition) is 18. The summed E-state index contributed by atoms with van der Waals surface area (Å²) in [6.07, 6.45) is 2.72. The van der Waals surface area contributed by atoms with E-state index in [1.165, 1.54) is 0 Å². The minimum Gasteiger partial charge on any atom is -0.493 e. The topological polar surface area (TPSA) is 382 Å². The molecular weight excluding hydrogens is 1440 g/mol. The summed E-state index contributed by atoms with van der Waals surface area (Å²) in [7, 11) is -25.9. The van der Waals surface area contributed by atoms with Crippen molar-refractivity contribution in [2.75, 3.05) is 74.2 Å². The molecule has 0 heterocycles. The zero-order valence-electron chi connectivity index (χ0n) is 58.6. The lowest BCUT2D eigenvalue weighted by molar-refractivity contribution is 0.297. The Balaban J connectivity index is 1.55. The Kier molecular flexibility index (Phi) is 30.1. The van der Waals surface area contributed by atoms with Crippen LogP contribution in [0.4, 0.5) is 0 Å². The lowest BCUT2D eigenvalue weighted by atomic mass is 9.88. The fourth-order valence-corrected chi connectivity index (χ4v) is 16.3. The number of aryl methyl sites for hydroxylation is 6. The van der Waals surface area contributed by atoms with E-state index in [0.29, 0.717) is 101 Å². The van der Waals surface area contributed by atoms with Crippen LogP contribution in [0.3, 0.4) is 0 Å². The van der Waals surface area contributed by atoms with Gasteiger partial charge in [-0.25, -0.2) is 0 Å². The molecule has 6 N–H and O–H groups in total. The van der Waals surface area contributed by atoms with Crippen LogP contribution in [0.25, 0.3) is 0 Å². The second-order valence-corrected chi connectivity index (χ2v) is 36.0. The maximum atomic E-state index is 11.9. The van der Waals surface area contributed by atoms with Crippen molar-refractivity contribution < 1.29 is 106 Å². The van der Waals surface area contributed by atoms with Crippen molar-refractivity contribution in [1.29, 1.82) is 0 Å². The number of ether oxygens (including phenoxy) is 6. The highest BCUT2D eigenvalue weighted by atomic mass is 32.2. The Morgan fingerprint density at radius 2 is 0.324 bits per heavy atom.